The van der Waals surface area contributed by atoms with Gasteiger partial charge in [0.25, 0.3) is 0 Å². The molecular weight excluding hydrogens is 1710 g/mol. The highest BCUT2D eigenvalue weighted by molar-refractivity contribution is 6.24. The lowest BCUT2D eigenvalue weighted by molar-refractivity contribution is -0.896. The number of quaternary nitrogens is 13. The van der Waals surface area contributed by atoms with Gasteiger partial charge in [0.15, 0.2) is 0 Å². The first-order chi connectivity index (χ1) is 60.6. The summed E-state index contributed by atoms with van der Waals surface area (Å²) in [4.78, 5) is 52.7. The number of rotatable bonds is 0. The molecule has 0 bridgehead atoms. The molecule has 43 heteroatoms. The van der Waals surface area contributed by atoms with Gasteiger partial charge in [0.2, 0.25) is 0 Å². The van der Waals surface area contributed by atoms with Gasteiger partial charge < -0.3 is 129 Å². The van der Waals surface area contributed by atoms with Crippen LogP contribution in [0.15, 0.2) is 0 Å². The minimum absolute atomic E-state index is 0. The second kappa shape index (κ2) is 69.6. The normalized spacial score (nSPS) is 41.0. The Balaban J connectivity index is -0.000000442. The van der Waals surface area contributed by atoms with Crippen LogP contribution in [0.25, 0.3) is 0 Å². The molecule has 0 aromatic rings. The monoisotopic (exact) mass is 1930 g/mol. The Morgan fingerprint density at radius 3 is 0.179 bits per heavy atom. The Morgan fingerprint density at radius 1 is 0.134 bits per heavy atom. The van der Waals surface area contributed by atoms with E-state index < -0.39 is 29.3 Å². The molecule has 806 valence electrons. The molecule has 13 N–H and O–H groups in total. The van der Waals surface area contributed by atoms with E-state index in [1.54, 1.807) is 63.7 Å². The minimum atomic E-state index is -2.92. The number of hydrogen-bond acceptors (Lipinski definition) is 25. The van der Waals surface area contributed by atoms with Crippen molar-refractivity contribution in [1.29, 1.82) is 0 Å². The van der Waals surface area contributed by atoms with Crippen molar-refractivity contribution in [3.05, 3.63) is 0 Å². The van der Waals surface area contributed by atoms with E-state index in [0.29, 0.717) is 80.2 Å². The van der Waals surface area contributed by atoms with Crippen LogP contribution in [-0.4, -0.2) is 520 Å². The lowest BCUT2D eigenvalue weighted by Gasteiger charge is -2.35. The van der Waals surface area contributed by atoms with E-state index in [0.717, 1.165) is 78.5 Å². The number of hydrogen-bond donors (Lipinski definition) is 13. The second-order valence-corrected chi connectivity index (χ2v) is 43.3. The van der Waals surface area contributed by atoms with Crippen molar-refractivity contribution in [2.24, 2.45) is 0 Å². The average molecular weight is 1930 g/mol. The summed E-state index contributed by atoms with van der Waals surface area (Å²) in [7, 11) is 46.2. The predicted octanol–water partition coefficient (Wildman–Crippen LogP) is -29.4. The molecular formula is C91H221B4FN26O12. The van der Waals surface area contributed by atoms with E-state index in [4.69, 9.17) is 60.3 Å². The summed E-state index contributed by atoms with van der Waals surface area (Å²) in [6.07, 6.45) is 9.21. The molecule has 13 heterocycles. The Labute approximate surface area is 824 Å². The summed E-state index contributed by atoms with van der Waals surface area (Å²) in [6, 6.07) is 9.93. The van der Waals surface area contributed by atoms with Crippen molar-refractivity contribution in [3.63, 3.8) is 0 Å². The first-order valence-corrected chi connectivity index (χ1v) is 50.5. The molecule has 0 aromatic carbocycles. The third-order valence-corrected chi connectivity index (χ3v) is 34.3. The van der Waals surface area contributed by atoms with Crippen LogP contribution in [0.3, 0.4) is 0 Å². The van der Waals surface area contributed by atoms with Gasteiger partial charge in [-0.05, 0) is 182 Å². The molecule has 0 aromatic heterocycles. The van der Waals surface area contributed by atoms with E-state index in [1.165, 1.54) is 85.1 Å². The van der Waals surface area contributed by atoms with E-state index in [9.17, 15) is 0 Å². The summed E-state index contributed by atoms with van der Waals surface area (Å²) in [5.74, 6) is 0. The predicted molar refractivity (Wildman–Crippen MR) is 523 cm³/mol. The van der Waals surface area contributed by atoms with Crippen molar-refractivity contribution in [3.8, 4) is 0 Å². The molecule has 38 nitrogen and oxygen atoms in total. The number of likely N-dealkylation sites (N-methyl/N-ethyl adjacent to an activating group) is 26. The molecule has 39 atom stereocenters. The second-order valence-electron chi connectivity index (χ2n) is 43.3. The topological polar surface area (TPSA) is 377 Å². The van der Waals surface area contributed by atoms with Crippen LogP contribution in [0.1, 0.15) is 180 Å². The highest BCUT2D eigenvalue weighted by Crippen LogP contribution is 2.09. The van der Waals surface area contributed by atoms with Crippen molar-refractivity contribution >= 4 is 29.3 Å². The molecule has 134 heavy (non-hydrogen) atoms. The van der Waals surface area contributed by atoms with Gasteiger partial charge in [-0.3, -0.25) is 29.3 Å². The van der Waals surface area contributed by atoms with Crippen LogP contribution in [0, 0.1) is 0 Å². The number of halogens is 1. The standard InChI is InChI=1S/13C7H16N2.4BO3.FH/c13*1-6-5-8(3)7(2)9(6)4;4*2-1(3)4;/h13*6-7H,5H2,1-4H3;;;;;1H/q;;;;;;;;;;;;;4*-3;/p+12. The molecule has 13 saturated heterocycles. The van der Waals surface area contributed by atoms with Crippen LogP contribution < -0.4 is 129 Å². The van der Waals surface area contributed by atoms with Gasteiger partial charge in [0, 0.05) is 90.0 Å². The maximum absolute atomic E-state index is 8.42. The molecule has 39 unspecified atom stereocenters. The SMILES string of the molecule is CC1C[NH+](C)C(C)N1C.CC1C[NH+](C)C(C)N1C.CC1C[NH+](C)C(C)N1C.CC1C[NH+](C)C(C)N1C.CC1C[NH+](C)C(C)N1C.CC1C[NH+](C)C(C)N1C.CC1C[NH+](C)C(C)N1C.CC1C[NH+](C)C(C)N1C.CC1C[NH+](C)C(C)N1C.CC1C[NH+](C)C(C)N1C.CC1C[NH+](C)C(C)N1C.CC1C[NH+](C)C(C)N1C.CC1C[NH+](C)C(C)N1C.[F-].[O-]B([O-])[O-].[O-]B([O-])[O-].[O-]B([O-])[O-].[O-]B([O-])[O-]. The zero-order chi connectivity index (χ0) is 106. The fraction of sp³-hybridized carbons (Fsp3) is 1.00. The van der Waals surface area contributed by atoms with Gasteiger partial charge in [-0.25, -0.2) is 63.7 Å². The Kier molecular flexibility index (Phi) is 73.3. The summed E-state index contributed by atoms with van der Waals surface area (Å²) in [5.41, 5.74) is 0. The summed E-state index contributed by atoms with van der Waals surface area (Å²) in [5, 5.41) is 101. The third-order valence-electron chi connectivity index (χ3n) is 34.3. The van der Waals surface area contributed by atoms with Crippen molar-refractivity contribution in [1.82, 2.24) is 63.7 Å². The molecule has 0 amide bonds. The maximum atomic E-state index is 8.42. The van der Waals surface area contributed by atoms with Crippen molar-refractivity contribution < 1.29 is 129 Å². The summed E-state index contributed by atoms with van der Waals surface area (Å²) in [6.45, 7) is 76.1. The first-order valence-electron chi connectivity index (χ1n) is 50.5. The van der Waals surface area contributed by atoms with E-state index in [-0.39, 0.29) is 4.70 Å². The number of nitrogens with zero attached hydrogens (tertiary/aromatic N) is 13. The van der Waals surface area contributed by atoms with Crippen molar-refractivity contribution in [2.45, 2.75) is 339 Å². The van der Waals surface area contributed by atoms with E-state index in [1.807, 2.05) is 0 Å². The molecule has 13 fully saturated rings. The van der Waals surface area contributed by atoms with Crippen LogP contribution >= 0.6 is 0 Å². The lowest BCUT2D eigenvalue weighted by Crippen LogP contribution is -3.11. The zero-order valence-corrected chi connectivity index (χ0v) is 96.1. The van der Waals surface area contributed by atoms with E-state index >= 15 is 0 Å². The molecule has 13 rings (SSSR count). The lowest BCUT2D eigenvalue weighted by atomic mass is 10.3. The Morgan fingerprint density at radius 2 is 0.172 bits per heavy atom. The maximum Gasteiger partial charge on any atom is 0.140 e. The number of nitrogens with one attached hydrogen (secondary N) is 13. The Hall–Kier alpha value is -1.33. The molecule has 0 spiro atoms. The van der Waals surface area contributed by atoms with Gasteiger partial charge >= 0.3 is 0 Å². The largest absolute Gasteiger partial charge is 1.00 e. The van der Waals surface area contributed by atoms with Crippen molar-refractivity contribution in [2.75, 3.05) is 268 Å². The summed E-state index contributed by atoms with van der Waals surface area (Å²) < 4.78 is 0. The fourth-order valence-electron chi connectivity index (χ4n) is 19.6. The van der Waals surface area contributed by atoms with Crippen LogP contribution in [-0.2, 0) is 0 Å². The quantitative estimate of drug-likeness (QED) is 0.100. The summed E-state index contributed by atoms with van der Waals surface area (Å²) >= 11 is 0. The van der Waals surface area contributed by atoms with Gasteiger partial charge in [0.05, 0.1) is 255 Å². The molecule has 13 aliphatic heterocycles. The van der Waals surface area contributed by atoms with Crippen LogP contribution in [0.4, 0.5) is 0 Å². The molecule has 0 saturated carbocycles. The van der Waals surface area contributed by atoms with E-state index in [2.05, 4.69) is 427 Å². The smallest absolute Gasteiger partial charge is 0.140 e. The molecule has 0 radical (unpaired) electrons. The van der Waals surface area contributed by atoms with Gasteiger partial charge in [0.1, 0.15) is 80.2 Å². The average Bonchev–Trinajstić information content (AvgIpc) is 1.85. The highest BCUT2D eigenvalue weighted by Gasteiger charge is 2.41. The van der Waals surface area contributed by atoms with Gasteiger partial charge in [-0.15, -0.1) is 0 Å². The Bertz CT molecular complexity index is 2070. The van der Waals surface area contributed by atoms with Crippen LogP contribution in [0.2, 0.25) is 0 Å². The third kappa shape index (κ3) is 51.4. The first kappa shape index (κ1) is 141. The molecule has 0 aliphatic carbocycles. The van der Waals surface area contributed by atoms with Gasteiger partial charge in [-0.2, -0.15) is 0 Å². The highest BCUT2D eigenvalue weighted by atomic mass is 19.0. The minimum Gasteiger partial charge on any atom is -1.00 e. The van der Waals surface area contributed by atoms with Crippen LogP contribution in [0.5, 0.6) is 0 Å². The zero-order valence-electron chi connectivity index (χ0n) is 96.1. The fourth-order valence-corrected chi connectivity index (χ4v) is 19.6. The molecule has 13 aliphatic rings. The van der Waals surface area contributed by atoms with Gasteiger partial charge in [-0.1, -0.05) is 0 Å².